The molecule has 0 amide bonds. The van der Waals surface area contributed by atoms with Crippen LogP contribution in [-0.4, -0.2) is 9.97 Å². The zero-order chi connectivity index (χ0) is 7.84. The second kappa shape index (κ2) is 2.13. The van der Waals surface area contributed by atoms with E-state index >= 15 is 0 Å². The Morgan fingerprint density at radius 1 is 1.18 bits per heavy atom. The van der Waals surface area contributed by atoms with E-state index in [9.17, 15) is 0 Å². The van der Waals surface area contributed by atoms with Crippen molar-refractivity contribution in [1.29, 1.82) is 0 Å². The number of fused-ring (bicyclic) bond motifs is 1. The van der Waals surface area contributed by atoms with Gasteiger partial charge in [-0.15, -0.1) is 11.3 Å². The van der Waals surface area contributed by atoms with Crippen LogP contribution >= 0.6 is 11.3 Å². The Kier molecular flexibility index (Phi) is 1.26. The first-order chi connectivity index (χ1) is 5.27. The Morgan fingerprint density at radius 2 is 1.91 bits per heavy atom. The lowest BCUT2D eigenvalue weighted by Crippen LogP contribution is -2.27. The largest absolute Gasteiger partial charge is 0.244 e. The molecule has 2 aromatic rings. The molecule has 2 heterocycles. The van der Waals surface area contributed by atoms with Crippen LogP contribution in [0.5, 0.6) is 0 Å². The van der Waals surface area contributed by atoms with Gasteiger partial charge in [0.2, 0.25) is 0 Å². The number of rotatable bonds is 0. The highest BCUT2D eigenvalue weighted by Crippen LogP contribution is 2.11. The maximum Gasteiger partial charge on any atom is 0.142 e. The van der Waals surface area contributed by atoms with Gasteiger partial charge in [0.25, 0.3) is 0 Å². The summed E-state index contributed by atoms with van der Waals surface area (Å²) in [6, 6.07) is 1.93. The molecule has 3 heteroatoms. The summed E-state index contributed by atoms with van der Waals surface area (Å²) in [6.45, 7) is 7.44. The molecular weight excluding hydrogens is 156 g/mol. The third-order valence-electron chi connectivity index (χ3n) is 1.45. The fourth-order valence-electron chi connectivity index (χ4n) is 0.860. The molecule has 0 saturated heterocycles. The standard InChI is InChI=1S/C8H6N2S/c1-5-6(2)10-8-7(9-5)3-4-11-8/h3-4H,1-2H2. The van der Waals surface area contributed by atoms with Crippen LogP contribution in [0.4, 0.5) is 0 Å². The molecule has 0 aliphatic heterocycles. The lowest BCUT2D eigenvalue weighted by molar-refractivity contribution is 1.19. The van der Waals surface area contributed by atoms with Gasteiger partial charge in [0.05, 0.1) is 10.7 Å². The molecule has 2 nitrogen and oxygen atoms in total. The van der Waals surface area contributed by atoms with Crippen molar-refractivity contribution in [3.63, 3.8) is 0 Å². The molecule has 0 aliphatic rings. The van der Waals surface area contributed by atoms with E-state index in [2.05, 4.69) is 23.1 Å². The van der Waals surface area contributed by atoms with Gasteiger partial charge >= 0.3 is 0 Å². The van der Waals surface area contributed by atoms with Crippen LogP contribution in [0, 0.1) is 0 Å². The molecule has 2 aromatic heterocycles. The van der Waals surface area contributed by atoms with Gasteiger partial charge in [0.1, 0.15) is 10.3 Å². The average Bonchev–Trinajstić information content (AvgIpc) is 2.36. The van der Waals surface area contributed by atoms with Crippen LogP contribution in [0.1, 0.15) is 0 Å². The molecule has 0 saturated carbocycles. The molecule has 0 aromatic carbocycles. The predicted molar refractivity (Wildman–Crippen MR) is 47.7 cm³/mol. The second-order valence-corrected chi connectivity index (χ2v) is 3.12. The lowest BCUT2D eigenvalue weighted by Gasteiger charge is -1.86. The molecule has 0 fully saturated rings. The van der Waals surface area contributed by atoms with Crippen LogP contribution in [0.2, 0.25) is 0 Å². The van der Waals surface area contributed by atoms with E-state index < -0.39 is 0 Å². The molecule has 0 radical (unpaired) electrons. The minimum absolute atomic E-state index is 0.663. The molecule has 0 N–H and O–H groups in total. The first-order valence-electron chi connectivity index (χ1n) is 3.16. The van der Waals surface area contributed by atoms with Crippen LogP contribution in [-0.2, 0) is 0 Å². The van der Waals surface area contributed by atoms with Gasteiger partial charge in [-0.2, -0.15) is 0 Å². The van der Waals surface area contributed by atoms with Crippen LogP contribution in [0.3, 0.4) is 0 Å². The summed E-state index contributed by atoms with van der Waals surface area (Å²) in [4.78, 5) is 9.36. The molecule has 0 bridgehead atoms. The Labute approximate surface area is 67.5 Å². The molecule has 11 heavy (non-hydrogen) atoms. The normalized spacial score (nSPS) is 10.5. The predicted octanol–water partition coefficient (Wildman–Crippen LogP) is 0.512. The number of hydrogen-bond donors (Lipinski definition) is 0. The third-order valence-corrected chi connectivity index (χ3v) is 2.25. The van der Waals surface area contributed by atoms with E-state index in [-0.39, 0.29) is 0 Å². The quantitative estimate of drug-likeness (QED) is 0.564. The van der Waals surface area contributed by atoms with Crippen molar-refractivity contribution in [2.24, 2.45) is 0 Å². The molecule has 0 atom stereocenters. The van der Waals surface area contributed by atoms with E-state index in [4.69, 9.17) is 0 Å². The Morgan fingerprint density at radius 3 is 2.73 bits per heavy atom. The van der Waals surface area contributed by atoms with Crippen molar-refractivity contribution >= 4 is 34.8 Å². The summed E-state index contributed by atoms with van der Waals surface area (Å²) in [5.74, 6) is 0. The summed E-state index contributed by atoms with van der Waals surface area (Å²) in [5.41, 5.74) is 0.910. The summed E-state index contributed by atoms with van der Waals surface area (Å²) < 4.78 is 0. The lowest BCUT2D eigenvalue weighted by atomic mass is 10.5. The second-order valence-electron chi connectivity index (χ2n) is 2.23. The average molecular weight is 162 g/mol. The summed E-state index contributed by atoms with van der Waals surface area (Å²) in [5, 5.41) is 3.29. The van der Waals surface area contributed by atoms with Crippen LogP contribution in [0.25, 0.3) is 23.5 Å². The monoisotopic (exact) mass is 162 g/mol. The van der Waals surface area contributed by atoms with Gasteiger partial charge in [-0.3, -0.25) is 0 Å². The van der Waals surface area contributed by atoms with Gasteiger partial charge in [-0.25, -0.2) is 9.97 Å². The van der Waals surface area contributed by atoms with E-state index in [1.54, 1.807) is 11.3 Å². The minimum atomic E-state index is 0.663. The van der Waals surface area contributed by atoms with Gasteiger partial charge in [-0.05, 0) is 11.4 Å². The van der Waals surface area contributed by atoms with Crippen molar-refractivity contribution in [2.75, 3.05) is 0 Å². The van der Waals surface area contributed by atoms with E-state index in [0.29, 0.717) is 10.7 Å². The Hall–Kier alpha value is -1.22. The van der Waals surface area contributed by atoms with Crippen LogP contribution < -0.4 is 10.7 Å². The number of hydrogen-bond acceptors (Lipinski definition) is 3. The van der Waals surface area contributed by atoms with Crippen molar-refractivity contribution in [3.8, 4) is 0 Å². The molecule has 54 valence electrons. The molecule has 0 spiro atoms. The topological polar surface area (TPSA) is 25.8 Å². The SMILES string of the molecule is C=c1nc2ccsc2nc1=C. The van der Waals surface area contributed by atoms with E-state index in [1.807, 2.05) is 11.4 Å². The van der Waals surface area contributed by atoms with Crippen molar-refractivity contribution < 1.29 is 0 Å². The zero-order valence-corrected chi connectivity index (χ0v) is 6.69. The fourth-order valence-corrected chi connectivity index (χ4v) is 1.58. The Balaban J connectivity index is 3.09. The summed E-state index contributed by atoms with van der Waals surface area (Å²) >= 11 is 1.57. The smallest absolute Gasteiger partial charge is 0.142 e. The van der Waals surface area contributed by atoms with Gasteiger partial charge in [0, 0.05) is 0 Å². The Bertz CT molecular complexity index is 442. The minimum Gasteiger partial charge on any atom is -0.244 e. The van der Waals surface area contributed by atoms with E-state index in [1.165, 1.54) is 0 Å². The maximum atomic E-state index is 4.22. The van der Waals surface area contributed by atoms with Crippen molar-refractivity contribution in [3.05, 3.63) is 22.1 Å². The fraction of sp³-hybridized carbons (Fsp3) is 0. The van der Waals surface area contributed by atoms with Gasteiger partial charge < -0.3 is 0 Å². The van der Waals surface area contributed by atoms with Gasteiger partial charge in [-0.1, -0.05) is 13.2 Å². The highest BCUT2D eigenvalue weighted by atomic mass is 32.1. The highest BCUT2D eigenvalue weighted by molar-refractivity contribution is 7.16. The van der Waals surface area contributed by atoms with Crippen molar-refractivity contribution in [2.45, 2.75) is 0 Å². The number of thiophene rings is 1. The molecule has 0 unspecified atom stereocenters. The highest BCUT2D eigenvalue weighted by Gasteiger charge is 1.95. The maximum absolute atomic E-state index is 4.22. The molecule has 2 rings (SSSR count). The van der Waals surface area contributed by atoms with Crippen molar-refractivity contribution in [1.82, 2.24) is 9.97 Å². The number of nitrogens with zero attached hydrogens (tertiary/aromatic N) is 2. The number of aromatic nitrogens is 2. The van der Waals surface area contributed by atoms with Gasteiger partial charge in [0.15, 0.2) is 0 Å². The molecule has 0 aliphatic carbocycles. The first-order valence-corrected chi connectivity index (χ1v) is 4.04. The summed E-state index contributed by atoms with van der Waals surface area (Å²) in [7, 11) is 0. The molecular formula is C8H6N2S. The van der Waals surface area contributed by atoms with Crippen LogP contribution in [0.15, 0.2) is 11.4 Å². The third kappa shape index (κ3) is 0.935. The first kappa shape index (κ1) is 6.49. The summed E-state index contributed by atoms with van der Waals surface area (Å²) in [6.07, 6.45) is 0. The van der Waals surface area contributed by atoms with E-state index in [0.717, 1.165) is 10.3 Å². The zero-order valence-electron chi connectivity index (χ0n) is 5.87.